The summed E-state index contributed by atoms with van der Waals surface area (Å²) < 4.78 is 0. The van der Waals surface area contributed by atoms with Crippen LogP contribution in [0.4, 0.5) is 0 Å². The summed E-state index contributed by atoms with van der Waals surface area (Å²) in [5.74, 6) is -3.25. The molecule has 0 aromatic heterocycles. The SMILES string of the molecule is CCCCCCCCCCCCCCCCCCCCCC(=O)O.CCCCCCCCCCCCCCCCCCCCCCCC(=O)O.CCCCCCCCCCCCCCCCCCCCCCCCCC(=O)O.CCCCCCCCCCCCCCCCCCCCCCCCCCCC(=O)O.CCCCCCCCCCCCCCCCCCCCCCCCCCCCCC(=O)O. The van der Waals surface area contributed by atoms with E-state index in [1.54, 1.807) is 0 Å². The average Bonchev–Trinajstić information content (AvgIpc) is 1.11. The molecule has 5 N–H and O–H groups in total. The Morgan fingerprint density at radius 3 is 0.171 bits per heavy atom. The Morgan fingerprint density at radius 2 is 0.129 bits per heavy atom. The molecule has 840 valence electrons. The van der Waals surface area contributed by atoms with Crippen LogP contribution in [0.5, 0.6) is 0 Å². The lowest BCUT2D eigenvalue weighted by Gasteiger charge is -2.04. The topological polar surface area (TPSA) is 186 Å². The van der Waals surface area contributed by atoms with Gasteiger partial charge in [0, 0.05) is 32.1 Å². The number of carboxylic acid groups (broad SMARTS) is 5. The van der Waals surface area contributed by atoms with Gasteiger partial charge in [-0.2, -0.15) is 0 Å². The zero-order chi connectivity index (χ0) is 103. The van der Waals surface area contributed by atoms with Gasteiger partial charge < -0.3 is 25.5 Å². The van der Waals surface area contributed by atoms with Crippen LogP contribution in [0, 0.1) is 0 Å². The minimum atomic E-state index is -0.651. The van der Waals surface area contributed by atoms with E-state index >= 15 is 0 Å². The molecule has 0 fully saturated rings. The van der Waals surface area contributed by atoms with E-state index in [0.29, 0.717) is 32.1 Å². The minimum Gasteiger partial charge on any atom is -0.481 e. The number of aliphatic carboxylic acids is 5. The summed E-state index contributed by atoms with van der Waals surface area (Å²) in [6.45, 7) is 11.5. The first-order chi connectivity index (χ1) is 68.9. The molecule has 0 bridgehead atoms. The second-order valence-corrected chi connectivity index (χ2v) is 44.6. The van der Waals surface area contributed by atoms with Crippen LogP contribution in [0.1, 0.15) is 805 Å². The Bertz CT molecular complexity index is 2200. The lowest BCUT2D eigenvalue weighted by molar-refractivity contribution is -0.138. The minimum absolute atomic E-state index is 0.346. The highest BCUT2D eigenvalue weighted by atomic mass is 16.4. The molecule has 0 radical (unpaired) electrons. The molecule has 0 saturated carbocycles. The summed E-state index contributed by atoms with van der Waals surface area (Å²) >= 11 is 0. The monoisotopic (exact) mass is 1980 g/mol. The molecule has 0 rings (SSSR count). The second-order valence-electron chi connectivity index (χ2n) is 44.6. The highest BCUT2D eigenvalue weighted by molar-refractivity contribution is 5.67. The van der Waals surface area contributed by atoms with Gasteiger partial charge in [-0.3, -0.25) is 24.0 Å². The molecule has 10 nitrogen and oxygen atoms in total. The standard InChI is InChI=1S/C30H60O2.C28H56O2.C26H52O2.C24H48O2.C22H44O2/c1-2-3-4-5-6-7-8-9-10-11-12-13-14-15-16-17-18-19-20-21-22-23-24-25-26-27-28-29-30(31)32;1-2-3-4-5-6-7-8-9-10-11-12-13-14-15-16-17-18-19-20-21-22-23-24-25-26-27-28(29)30;1-2-3-4-5-6-7-8-9-10-11-12-13-14-15-16-17-18-19-20-21-22-23-24-25-26(27)28;1-2-3-4-5-6-7-8-9-10-11-12-13-14-15-16-17-18-19-20-21-22-23-24(25)26;1-2-3-4-5-6-7-8-9-10-11-12-13-14-15-16-17-18-19-20-21-22(23)24/h2-29H2,1H3,(H,31,32);2-27H2,1H3,(H,29,30);2-25H2,1H3,(H,27,28);2-23H2,1H3,(H,25,26);2-21H2,1H3,(H,23,24). The van der Waals surface area contributed by atoms with Crippen molar-refractivity contribution in [3.63, 3.8) is 0 Å². The van der Waals surface area contributed by atoms with Crippen molar-refractivity contribution in [1.82, 2.24) is 0 Å². The van der Waals surface area contributed by atoms with Gasteiger partial charge in [-0.1, -0.05) is 741 Å². The fraction of sp³-hybridized carbons (Fsp3) is 0.962. The van der Waals surface area contributed by atoms with Gasteiger partial charge in [0.1, 0.15) is 0 Å². The maximum absolute atomic E-state index is 10.4. The molecule has 0 spiro atoms. The molecule has 0 aliphatic carbocycles. The predicted octanol–water partition coefficient (Wildman–Crippen LogP) is 47.3. The van der Waals surface area contributed by atoms with Crippen LogP contribution in [0.2, 0.25) is 0 Å². The number of unbranched alkanes of at least 4 members (excludes halogenated alkanes) is 110. The summed E-state index contributed by atoms with van der Waals surface area (Å²) in [7, 11) is 0. The Kier molecular flexibility index (Phi) is 148. The van der Waals surface area contributed by atoms with Crippen LogP contribution < -0.4 is 0 Å². The lowest BCUT2D eigenvalue weighted by Crippen LogP contribution is -1.93. The largest absolute Gasteiger partial charge is 0.481 e. The van der Waals surface area contributed by atoms with Gasteiger partial charge in [-0.15, -0.1) is 0 Å². The van der Waals surface area contributed by atoms with Crippen LogP contribution in [-0.4, -0.2) is 55.4 Å². The Morgan fingerprint density at radius 1 is 0.0857 bits per heavy atom. The van der Waals surface area contributed by atoms with Gasteiger partial charge in [0.05, 0.1) is 0 Å². The van der Waals surface area contributed by atoms with Gasteiger partial charge in [-0.25, -0.2) is 0 Å². The molecule has 140 heavy (non-hydrogen) atoms. The van der Waals surface area contributed by atoms with E-state index in [1.807, 2.05) is 0 Å². The van der Waals surface area contributed by atoms with E-state index in [-0.39, 0.29) is 0 Å². The highest BCUT2D eigenvalue weighted by Gasteiger charge is 2.07. The first-order valence-electron chi connectivity index (χ1n) is 64.9. The zero-order valence-electron chi connectivity index (χ0n) is 96.6. The van der Waals surface area contributed by atoms with Gasteiger partial charge in [-0.05, 0) is 32.1 Å². The molecular formula is C130H260O10. The molecule has 0 aliphatic rings. The molecule has 0 heterocycles. The van der Waals surface area contributed by atoms with Gasteiger partial charge in [0.2, 0.25) is 0 Å². The number of hydrogen-bond acceptors (Lipinski definition) is 5. The van der Waals surface area contributed by atoms with E-state index < -0.39 is 29.8 Å². The van der Waals surface area contributed by atoms with Crippen molar-refractivity contribution < 1.29 is 49.5 Å². The van der Waals surface area contributed by atoms with Crippen molar-refractivity contribution in [1.29, 1.82) is 0 Å². The van der Waals surface area contributed by atoms with Crippen molar-refractivity contribution in [3.05, 3.63) is 0 Å². The zero-order valence-corrected chi connectivity index (χ0v) is 96.6. The van der Waals surface area contributed by atoms with Gasteiger partial charge in [0.15, 0.2) is 0 Å². The smallest absolute Gasteiger partial charge is 0.303 e. The molecule has 0 unspecified atom stereocenters. The molecular weight excluding hydrogens is 1720 g/mol. The first-order valence-corrected chi connectivity index (χ1v) is 64.9. The van der Waals surface area contributed by atoms with Crippen LogP contribution >= 0.6 is 0 Å². The summed E-state index contributed by atoms with van der Waals surface area (Å²) in [4.78, 5) is 52.1. The van der Waals surface area contributed by atoms with Crippen molar-refractivity contribution in [2.45, 2.75) is 805 Å². The van der Waals surface area contributed by atoms with E-state index in [4.69, 9.17) is 25.5 Å². The first kappa shape index (κ1) is 146. The second kappa shape index (κ2) is 143. The molecule has 0 amide bonds. The highest BCUT2D eigenvalue weighted by Crippen LogP contribution is 2.25. The van der Waals surface area contributed by atoms with Crippen LogP contribution in [0.3, 0.4) is 0 Å². The van der Waals surface area contributed by atoms with Crippen molar-refractivity contribution in [2.75, 3.05) is 0 Å². The van der Waals surface area contributed by atoms with Crippen LogP contribution in [0.15, 0.2) is 0 Å². The Hall–Kier alpha value is -2.65. The molecule has 10 heteroatoms. The van der Waals surface area contributed by atoms with Crippen molar-refractivity contribution in [2.24, 2.45) is 0 Å². The summed E-state index contributed by atoms with van der Waals surface area (Å²) in [6, 6.07) is 0. The van der Waals surface area contributed by atoms with Crippen molar-refractivity contribution in [3.8, 4) is 0 Å². The van der Waals surface area contributed by atoms with E-state index in [9.17, 15) is 24.0 Å². The average molecular weight is 1980 g/mol. The third-order valence-electron chi connectivity index (χ3n) is 30.0. The van der Waals surface area contributed by atoms with E-state index in [2.05, 4.69) is 34.6 Å². The number of hydrogen-bond donors (Lipinski definition) is 5. The Labute approximate surface area is 879 Å². The molecule has 0 aromatic rings. The normalized spacial score (nSPS) is 11.2. The van der Waals surface area contributed by atoms with E-state index in [0.717, 1.165) is 64.2 Å². The summed E-state index contributed by atoms with van der Waals surface area (Å²) in [6.07, 6.45) is 160. The quantitative estimate of drug-likeness (QED) is 0.0367. The Balaban J connectivity index is -0.000000544. The third-order valence-corrected chi connectivity index (χ3v) is 30.0. The molecule has 0 aromatic carbocycles. The third kappa shape index (κ3) is 163. The van der Waals surface area contributed by atoms with Crippen LogP contribution in [0.25, 0.3) is 0 Å². The number of carbonyl (C=O) groups is 5. The molecule has 0 atom stereocenters. The van der Waals surface area contributed by atoms with Crippen molar-refractivity contribution >= 4 is 29.8 Å². The number of carboxylic acids is 5. The number of rotatable bonds is 120. The van der Waals surface area contributed by atoms with Crippen LogP contribution in [-0.2, 0) is 24.0 Å². The lowest BCUT2D eigenvalue weighted by atomic mass is 10.0. The van der Waals surface area contributed by atoms with Gasteiger partial charge in [0.25, 0.3) is 0 Å². The van der Waals surface area contributed by atoms with Gasteiger partial charge >= 0.3 is 29.8 Å². The fourth-order valence-electron chi connectivity index (χ4n) is 20.3. The molecule has 0 aliphatic heterocycles. The molecule has 0 saturated heterocycles. The van der Waals surface area contributed by atoms with E-state index in [1.165, 1.54) is 674 Å². The maximum Gasteiger partial charge on any atom is 0.303 e. The summed E-state index contributed by atoms with van der Waals surface area (Å²) in [5, 5.41) is 42.9. The predicted molar refractivity (Wildman–Crippen MR) is 621 cm³/mol. The summed E-state index contributed by atoms with van der Waals surface area (Å²) in [5.41, 5.74) is 0. The maximum atomic E-state index is 10.4. The fourth-order valence-corrected chi connectivity index (χ4v) is 20.3.